The molecule has 1 aromatic rings. The van der Waals surface area contributed by atoms with Crippen LogP contribution in [-0.4, -0.2) is 28.1 Å². The molecule has 0 spiro atoms. The Balaban J connectivity index is 2.74. The maximum absolute atomic E-state index is 11.7. The Bertz CT molecular complexity index is 386. The molecule has 1 N–H and O–H groups in total. The lowest BCUT2D eigenvalue weighted by molar-refractivity contribution is 0.00557. The fourth-order valence-electron chi connectivity index (χ4n) is 1.13. The van der Waals surface area contributed by atoms with Crippen molar-refractivity contribution in [2.24, 2.45) is 0 Å². The van der Waals surface area contributed by atoms with Crippen LogP contribution in [0.5, 0.6) is 0 Å². The van der Waals surface area contributed by atoms with Crippen LogP contribution in [0.15, 0.2) is 12.3 Å². The van der Waals surface area contributed by atoms with E-state index in [0.717, 1.165) is 13.0 Å². The molecule has 0 unspecified atom stereocenters. The Kier molecular flexibility index (Phi) is 4.43. The molecule has 0 saturated carbocycles. The highest BCUT2D eigenvalue weighted by atomic mass is 16.6. The van der Waals surface area contributed by atoms with Crippen LogP contribution >= 0.6 is 0 Å². The lowest BCUT2D eigenvalue weighted by Crippen LogP contribution is -2.25. The van der Waals surface area contributed by atoms with E-state index in [1.165, 1.54) is 0 Å². The molecule has 5 heteroatoms. The molecule has 1 heterocycles. The molecule has 0 aliphatic carbocycles. The Hall–Kier alpha value is -1.65. The molecule has 5 nitrogen and oxygen atoms in total. The normalized spacial score (nSPS) is 11.1. The zero-order chi connectivity index (χ0) is 12.9. The van der Waals surface area contributed by atoms with Gasteiger partial charge in [-0.25, -0.2) is 14.8 Å². The molecule has 0 radical (unpaired) electrons. The first-order valence-electron chi connectivity index (χ1n) is 5.72. The summed E-state index contributed by atoms with van der Waals surface area (Å²) in [7, 11) is 0. The number of aromatic nitrogens is 2. The van der Waals surface area contributed by atoms with Crippen molar-refractivity contribution in [3.8, 4) is 0 Å². The number of carbonyl (C=O) groups excluding carboxylic acids is 1. The molecular formula is C12H19N3O2. The van der Waals surface area contributed by atoms with Gasteiger partial charge in [0.1, 0.15) is 11.4 Å². The molecule has 0 aliphatic heterocycles. The minimum atomic E-state index is -0.534. The molecule has 0 aliphatic rings. The van der Waals surface area contributed by atoms with Gasteiger partial charge in [-0.15, -0.1) is 0 Å². The van der Waals surface area contributed by atoms with Crippen molar-refractivity contribution < 1.29 is 9.53 Å². The van der Waals surface area contributed by atoms with E-state index in [1.54, 1.807) is 12.3 Å². The second kappa shape index (κ2) is 5.61. The van der Waals surface area contributed by atoms with Crippen LogP contribution in [0.25, 0.3) is 0 Å². The van der Waals surface area contributed by atoms with E-state index in [0.29, 0.717) is 5.82 Å². The van der Waals surface area contributed by atoms with Crippen molar-refractivity contribution in [2.75, 3.05) is 11.9 Å². The van der Waals surface area contributed by atoms with Crippen molar-refractivity contribution in [3.05, 3.63) is 18.1 Å². The van der Waals surface area contributed by atoms with Crippen LogP contribution in [0.2, 0.25) is 0 Å². The van der Waals surface area contributed by atoms with Gasteiger partial charge in [0, 0.05) is 12.7 Å². The maximum atomic E-state index is 11.7. The number of nitrogens with one attached hydrogen (secondary N) is 1. The third kappa shape index (κ3) is 4.80. The average molecular weight is 237 g/mol. The van der Waals surface area contributed by atoms with E-state index in [4.69, 9.17) is 4.74 Å². The number of hydrogen-bond acceptors (Lipinski definition) is 5. The highest BCUT2D eigenvalue weighted by molar-refractivity contribution is 5.85. The van der Waals surface area contributed by atoms with E-state index >= 15 is 0 Å². The molecule has 0 saturated heterocycles. The number of carbonyl (C=O) groups is 1. The first-order chi connectivity index (χ1) is 7.92. The van der Waals surface area contributed by atoms with Crippen LogP contribution < -0.4 is 5.32 Å². The summed E-state index contributed by atoms with van der Waals surface area (Å²) >= 11 is 0. The monoisotopic (exact) mass is 237 g/mol. The molecule has 1 aromatic heterocycles. The lowest BCUT2D eigenvalue weighted by Gasteiger charge is -2.18. The van der Waals surface area contributed by atoms with Gasteiger partial charge < -0.3 is 10.1 Å². The zero-order valence-electron chi connectivity index (χ0n) is 10.8. The summed E-state index contributed by atoms with van der Waals surface area (Å²) in [6.07, 6.45) is 2.54. The van der Waals surface area contributed by atoms with Crippen molar-refractivity contribution in [2.45, 2.75) is 39.7 Å². The third-order valence-corrected chi connectivity index (χ3v) is 1.79. The van der Waals surface area contributed by atoms with Gasteiger partial charge in [0.2, 0.25) is 5.82 Å². The summed E-state index contributed by atoms with van der Waals surface area (Å²) in [5.41, 5.74) is -0.534. The van der Waals surface area contributed by atoms with Gasteiger partial charge >= 0.3 is 5.97 Å². The molecular weight excluding hydrogens is 218 g/mol. The molecule has 94 valence electrons. The highest BCUT2D eigenvalue weighted by Gasteiger charge is 2.20. The minimum Gasteiger partial charge on any atom is -0.454 e. The predicted octanol–water partition coefficient (Wildman–Crippen LogP) is 2.25. The molecule has 0 bridgehead atoms. The SMILES string of the molecule is CCCNc1ccnc(C(=O)OC(C)(C)C)n1. The van der Waals surface area contributed by atoms with Crippen molar-refractivity contribution in [1.29, 1.82) is 0 Å². The summed E-state index contributed by atoms with van der Waals surface area (Å²) in [6, 6.07) is 1.73. The smallest absolute Gasteiger partial charge is 0.376 e. The van der Waals surface area contributed by atoms with Gasteiger partial charge in [0.15, 0.2) is 0 Å². The Morgan fingerprint density at radius 1 is 1.47 bits per heavy atom. The molecule has 17 heavy (non-hydrogen) atoms. The van der Waals surface area contributed by atoms with Crippen molar-refractivity contribution in [1.82, 2.24) is 9.97 Å². The summed E-state index contributed by atoms with van der Waals surface area (Å²) in [4.78, 5) is 19.7. The van der Waals surface area contributed by atoms with Crippen molar-refractivity contribution in [3.63, 3.8) is 0 Å². The Morgan fingerprint density at radius 2 is 2.18 bits per heavy atom. The first kappa shape index (κ1) is 13.4. The molecule has 0 amide bonds. The van der Waals surface area contributed by atoms with Gasteiger partial charge in [0.05, 0.1) is 0 Å². The summed E-state index contributed by atoms with van der Waals surface area (Å²) in [5.74, 6) is 0.224. The van der Waals surface area contributed by atoms with Crippen LogP contribution in [-0.2, 0) is 4.74 Å². The van der Waals surface area contributed by atoms with Gasteiger partial charge in [0.25, 0.3) is 0 Å². The van der Waals surface area contributed by atoms with Crippen LogP contribution in [0.3, 0.4) is 0 Å². The fourth-order valence-corrected chi connectivity index (χ4v) is 1.13. The van der Waals surface area contributed by atoms with E-state index in [9.17, 15) is 4.79 Å². The van der Waals surface area contributed by atoms with E-state index in [1.807, 2.05) is 20.8 Å². The third-order valence-electron chi connectivity index (χ3n) is 1.79. The first-order valence-corrected chi connectivity index (χ1v) is 5.72. The molecule has 0 atom stereocenters. The van der Waals surface area contributed by atoms with Gasteiger partial charge in [-0.1, -0.05) is 6.92 Å². The average Bonchev–Trinajstić information content (AvgIpc) is 2.24. The van der Waals surface area contributed by atoms with E-state index in [-0.39, 0.29) is 5.82 Å². The number of nitrogens with zero attached hydrogens (tertiary/aromatic N) is 2. The number of anilines is 1. The van der Waals surface area contributed by atoms with Gasteiger partial charge in [-0.2, -0.15) is 0 Å². The van der Waals surface area contributed by atoms with Crippen LogP contribution in [0.1, 0.15) is 44.7 Å². The maximum Gasteiger partial charge on any atom is 0.376 e. The highest BCUT2D eigenvalue weighted by Crippen LogP contribution is 2.10. The second-order valence-electron chi connectivity index (χ2n) is 4.69. The number of esters is 1. The molecule has 0 fully saturated rings. The van der Waals surface area contributed by atoms with E-state index < -0.39 is 11.6 Å². The topological polar surface area (TPSA) is 64.1 Å². The molecule has 1 rings (SSSR count). The Morgan fingerprint density at radius 3 is 2.76 bits per heavy atom. The zero-order valence-corrected chi connectivity index (χ0v) is 10.8. The largest absolute Gasteiger partial charge is 0.454 e. The lowest BCUT2D eigenvalue weighted by atomic mass is 10.2. The summed E-state index contributed by atoms with van der Waals surface area (Å²) < 4.78 is 5.19. The standard InChI is InChI=1S/C12H19N3O2/c1-5-7-13-9-6-8-14-10(15-9)11(16)17-12(2,3)4/h6,8H,5,7H2,1-4H3,(H,13,14,15). The van der Waals surface area contributed by atoms with Crippen molar-refractivity contribution >= 4 is 11.8 Å². The quantitative estimate of drug-likeness (QED) is 0.814. The van der Waals surface area contributed by atoms with E-state index in [2.05, 4.69) is 22.2 Å². The second-order valence-corrected chi connectivity index (χ2v) is 4.69. The minimum absolute atomic E-state index is 0.0843. The van der Waals surface area contributed by atoms with Crippen LogP contribution in [0, 0.1) is 0 Å². The van der Waals surface area contributed by atoms with Gasteiger partial charge in [-0.05, 0) is 33.3 Å². The summed E-state index contributed by atoms with van der Waals surface area (Å²) in [5, 5.41) is 3.09. The molecule has 0 aromatic carbocycles. The number of hydrogen-bond donors (Lipinski definition) is 1. The fraction of sp³-hybridized carbons (Fsp3) is 0.583. The van der Waals surface area contributed by atoms with Crippen LogP contribution in [0.4, 0.5) is 5.82 Å². The number of ether oxygens (including phenoxy) is 1. The predicted molar refractivity (Wildman–Crippen MR) is 66.0 cm³/mol. The summed E-state index contributed by atoms with van der Waals surface area (Å²) in [6.45, 7) is 8.30. The Labute approximate surface area is 102 Å². The van der Waals surface area contributed by atoms with Gasteiger partial charge in [-0.3, -0.25) is 0 Å². The number of rotatable bonds is 4.